The second-order valence-corrected chi connectivity index (χ2v) is 5.35. The molecule has 1 saturated carbocycles. The van der Waals surface area contributed by atoms with Gasteiger partial charge in [0.1, 0.15) is 5.75 Å². The molecule has 0 saturated heterocycles. The van der Waals surface area contributed by atoms with Crippen LogP contribution in [0.5, 0.6) is 5.75 Å². The number of fused-ring (bicyclic) bond motifs is 1. The van der Waals surface area contributed by atoms with E-state index in [0.717, 1.165) is 35.1 Å². The molecule has 0 unspecified atom stereocenters. The molecular weight excluding hydrogens is 242 g/mol. The molecule has 1 N–H and O–H groups in total. The number of benzene rings is 1. The van der Waals surface area contributed by atoms with Crippen molar-refractivity contribution in [3.8, 4) is 5.75 Å². The highest BCUT2D eigenvalue weighted by atomic mass is 16.5. The van der Waals surface area contributed by atoms with E-state index < -0.39 is 5.97 Å². The molecule has 1 aliphatic rings. The zero-order valence-corrected chi connectivity index (χ0v) is 11.1. The molecule has 0 spiro atoms. The Kier molecular flexibility index (Phi) is 2.55. The summed E-state index contributed by atoms with van der Waals surface area (Å²) < 4.78 is 7.52. The highest BCUT2D eigenvalue weighted by molar-refractivity contribution is 5.88. The summed E-state index contributed by atoms with van der Waals surface area (Å²) in [4.78, 5) is 11.1. The predicted molar refractivity (Wildman–Crippen MR) is 72.6 cm³/mol. The van der Waals surface area contributed by atoms with Crippen LogP contribution in [0.1, 0.15) is 24.8 Å². The van der Waals surface area contributed by atoms with Crippen LogP contribution in [0.15, 0.2) is 24.4 Å². The lowest BCUT2D eigenvalue weighted by atomic mass is 9.89. The van der Waals surface area contributed by atoms with Gasteiger partial charge in [0.2, 0.25) is 0 Å². The fraction of sp³-hybridized carbons (Fsp3) is 0.400. The van der Waals surface area contributed by atoms with E-state index in [-0.39, 0.29) is 11.8 Å². The van der Waals surface area contributed by atoms with Crippen molar-refractivity contribution >= 4 is 16.9 Å². The van der Waals surface area contributed by atoms with Crippen molar-refractivity contribution in [1.82, 2.24) is 4.57 Å². The summed E-state index contributed by atoms with van der Waals surface area (Å²) in [7, 11) is 3.64. The molecule has 0 radical (unpaired) electrons. The largest absolute Gasteiger partial charge is 0.496 e. The number of carbonyl (C=O) groups is 1. The third kappa shape index (κ3) is 1.79. The van der Waals surface area contributed by atoms with Crippen LogP contribution in [0.25, 0.3) is 10.9 Å². The summed E-state index contributed by atoms with van der Waals surface area (Å²) in [6.45, 7) is 0. The molecule has 1 aromatic heterocycles. The number of aromatic nitrogens is 1. The third-order valence-corrected chi connectivity index (χ3v) is 4.12. The molecule has 0 amide bonds. The molecule has 3 rings (SSSR count). The molecule has 0 aliphatic heterocycles. The van der Waals surface area contributed by atoms with Crippen LogP contribution in [0.4, 0.5) is 0 Å². The first-order valence-corrected chi connectivity index (χ1v) is 6.42. The standard InChI is InChI=1S/C15H17NO3/c1-16-8-5-10-11(16)3-4-12(19-2)14(10)15(6-7-15)9-13(17)18/h3-5,8H,6-7,9H2,1-2H3,(H,17,18). The van der Waals surface area contributed by atoms with Gasteiger partial charge in [-0.2, -0.15) is 0 Å². The van der Waals surface area contributed by atoms with E-state index in [1.54, 1.807) is 7.11 Å². The van der Waals surface area contributed by atoms with Gasteiger partial charge in [-0.25, -0.2) is 0 Å². The highest BCUT2D eigenvalue weighted by Gasteiger charge is 2.48. The van der Waals surface area contributed by atoms with E-state index in [2.05, 4.69) is 10.6 Å². The Morgan fingerprint density at radius 2 is 2.16 bits per heavy atom. The molecule has 4 heteroatoms. The maximum absolute atomic E-state index is 11.1. The third-order valence-electron chi connectivity index (χ3n) is 4.12. The molecule has 100 valence electrons. The van der Waals surface area contributed by atoms with E-state index in [9.17, 15) is 4.79 Å². The van der Waals surface area contributed by atoms with Gasteiger partial charge >= 0.3 is 5.97 Å². The summed E-state index contributed by atoms with van der Waals surface area (Å²) in [6.07, 6.45) is 4.02. The fourth-order valence-corrected chi connectivity index (χ4v) is 3.00. The number of carboxylic acid groups (broad SMARTS) is 1. The molecular formula is C15H17NO3. The van der Waals surface area contributed by atoms with Crippen LogP contribution >= 0.6 is 0 Å². The lowest BCUT2D eigenvalue weighted by molar-refractivity contribution is -0.137. The zero-order valence-electron chi connectivity index (χ0n) is 11.1. The smallest absolute Gasteiger partial charge is 0.304 e. The van der Waals surface area contributed by atoms with E-state index in [4.69, 9.17) is 9.84 Å². The van der Waals surface area contributed by atoms with Crippen LogP contribution in [-0.2, 0) is 17.3 Å². The highest BCUT2D eigenvalue weighted by Crippen LogP contribution is 2.56. The lowest BCUT2D eigenvalue weighted by Gasteiger charge is -2.18. The Hall–Kier alpha value is -1.97. The summed E-state index contributed by atoms with van der Waals surface area (Å²) in [5.41, 5.74) is 1.95. The number of nitrogens with zero attached hydrogens (tertiary/aromatic N) is 1. The van der Waals surface area contributed by atoms with Crippen LogP contribution < -0.4 is 4.74 Å². The fourth-order valence-electron chi connectivity index (χ4n) is 3.00. The van der Waals surface area contributed by atoms with Crippen LogP contribution in [-0.4, -0.2) is 22.8 Å². The SMILES string of the molecule is COc1ccc2c(ccn2C)c1C1(CC(=O)O)CC1. The Balaban J connectivity index is 2.23. The number of hydrogen-bond acceptors (Lipinski definition) is 2. The number of methoxy groups -OCH3 is 1. The van der Waals surface area contributed by atoms with Crippen molar-refractivity contribution in [2.45, 2.75) is 24.7 Å². The summed E-state index contributed by atoms with van der Waals surface area (Å²) >= 11 is 0. The van der Waals surface area contributed by atoms with Gasteiger partial charge in [-0.3, -0.25) is 4.79 Å². The van der Waals surface area contributed by atoms with Crippen molar-refractivity contribution < 1.29 is 14.6 Å². The first-order valence-electron chi connectivity index (χ1n) is 6.42. The van der Waals surface area contributed by atoms with Gasteiger partial charge in [-0.05, 0) is 31.0 Å². The second-order valence-electron chi connectivity index (χ2n) is 5.35. The first-order chi connectivity index (χ1) is 9.07. The maximum atomic E-state index is 11.1. The molecule has 2 aromatic rings. The van der Waals surface area contributed by atoms with Crippen LogP contribution in [0, 0.1) is 0 Å². The molecule has 1 heterocycles. The van der Waals surface area contributed by atoms with Crippen molar-refractivity contribution in [3.05, 3.63) is 30.0 Å². The first kappa shape index (κ1) is 12.1. The van der Waals surface area contributed by atoms with Crippen molar-refractivity contribution in [2.24, 2.45) is 7.05 Å². The molecule has 1 fully saturated rings. The van der Waals surface area contributed by atoms with E-state index in [1.807, 2.05) is 25.4 Å². The average Bonchev–Trinajstić information content (AvgIpc) is 3.04. The molecule has 4 nitrogen and oxygen atoms in total. The molecule has 0 bridgehead atoms. The van der Waals surface area contributed by atoms with Crippen LogP contribution in [0.3, 0.4) is 0 Å². The molecule has 1 aromatic carbocycles. The van der Waals surface area contributed by atoms with Crippen molar-refractivity contribution in [2.75, 3.05) is 7.11 Å². The van der Waals surface area contributed by atoms with Crippen LogP contribution in [0.2, 0.25) is 0 Å². The number of hydrogen-bond donors (Lipinski definition) is 1. The average molecular weight is 259 g/mol. The van der Waals surface area contributed by atoms with Gasteiger partial charge in [-0.1, -0.05) is 0 Å². The Bertz CT molecular complexity index is 653. The summed E-state index contributed by atoms with van der Waals surface area (Å²) in [6, 6.07) is 6.02. The van der Waals surface area contributed by atoms with Gasteiger partial charge in [-0.15, -0.1) is 0 Å². The molecule has 19 heavy (non-hydrogen) atoms. The molecule has 0 atom stereocenters. The summed E-state index contributed by atoms with van der Waals surface area (Å²) in [5, 5.41) is 10.3. The Labute approximate surface area is 111 Å². The number of ether oxygens (including phenoxy) is 1. The number of carboxylic acids is 1. The van der Waals surface area contributed by atoms with E-state index in [1.165, 1.54) is 0 Å². The van der Waals surface area contributed by atoms with Crippen molar-refractivity contribution in [1.29, 1.82) is 0 Å². The second kappa shape index (κ2) is 4.02. The normalized spacial score (nSPS) is 16.5. The minimum Gasteiger partial charge on any atom is -0.496 e. The zero-order chi connectivity index (χ0) is 13.6. The van der Waals surface area contributed by atoms with E-state index in [0.29, 0.717) is 0 Å². The summed E-state index contributed by atoms with van der Waals surface area (Å²) in [5.74, 6) is 0.0601. The lowest BCUT2D eigenvalue weighted by Crippen LogP contribution is -2.14. The van der Waals surface area contributed by atoms with Gasteiger partial charge < -0.3 is 14.4 Å². The number of aryl methyl sites for hydroxylation is 1. The van der Waals surface area contributed by atoms with E-state index >= 15 is 0 Å². The maximum Gasteiger partial charge on any atom is 0.304 e. The predicted octanol–water partition coefficient (Wildman–Crippen LogP) is 2.69. The van der Waals surface area contributed by atoms with Crippen molar-refractivity contribution in [3.63, 3.8) is 0 Å². The quantitative estimate of drug-likeness (QED) is 0.918. The van der Waals surface area contributed by atoms with Gasteiger partial charge in [0.25, 0.3) is 0 Å². The molecule has 1 aliphatic carbocycles. The monoisotopic (exact) mass is 259 g/mol. The van der Waals surface area contributed by atoms with Gasteiger partial charge in [0.15, 0.2) is 0 Å². The topological polar surface area (TPSA) is 51.5 Å². The number of aliphatic carboxylic acids is 1. The van der Waals surface area contributed by atoms with Gasteiger partial charge in [0.05, 0.1) is 13.5 Å². The number of rotatable bonds is 4. The minimum absolute atomic E-state index is 0.178. The van der Waals surface area contributed by atoms with Gasteiger partial charge in [0, 0.05) is 35.1 Å². The Morgan fingerprint density at radius 1 is 1.42 bits per heavy atom. The minimum atomic E-state index is -0.743. The Morgan fingerprint density at radius 3 is 2.74 bits per heavy atom.